The fourth-order valence-electron chi connectivity index (χ4n) is 2.39. The Labute approximate surface area is 163 Å². The summed E-state index contributed by atoms with van der Waals surface area (Å²) < 4.78 is 16.2. The van der Waals surface area contributed by atoms with Crippen LogP contribution in [0.4, 0.5) is 5.69 Å². The number of esters is 1. The van der Waals surface area contributed by atoms with Crippen molar-refractivity contribution in [2.45, 2.75) is 26.6 Å². The molecule has 144 valence electrons. The Balaban J connectivity index is 1.51. The first-order valence-electron chi connectivity index (χ1n) is 8.86. The van der Waals surface area contributed by atoms with E-state index in [9.17, 15) is 9.59 Å². The maximum atomic E-state index is 12.2. The van der Waals surface area contributed by atoms with Crippen molar-refractivity contribution in [3.63, 3.8) is 0 Å². The van der Waals surface area contributed by atoms with E-state index in [-0.39, 0.29) is 12.4 Å². The van der Waals surface area contributed by atoms with Crippen LogP contribution in [0.25, 0.3) is 0 Å². The van der Waals surface area contributed by atoms with Crippen LogP contribution in [0.2, 0.25) is 0 Å². The maximum absolute atomic E-state index is 12.2. The third kappa shape index (κ3) is 5.23. The molecular weight excluding hydrogens is 358 g/mol. The predicted molar refractivity (Wildman–Crippen MR) is 104 cm³/mol. The first kappa shape index (κ1) is 19.2. The zero-order valence-electron chi connectivity index (χ0n) is 15.7. The van der Waals surface area contributed by atoms with Crippen molar-refractivity contribution in [1.29, 1.82) is 0 Å². The molecule has 0 aliphatic heterocycles. The molecule has 1 atom stereocenters. The first-order chi connectivity index (χ1) is 13.5. The summed E-state index contributed by atoms with van der Waals surface area (Å²) >= 11 is 0. The highest BCUT2D eigenvalue weighted by Gasteiger charge is 2.21. The Hall–Kier alpha value is -3.54. The van der Waals surface area contributed by atoms with Crippen molar-refractivity contribution < 1.29 is 23.5 Å². The summed E-state index contributed by atoms with van der Waals surface area (Å²) in [5, 5.41) is 2.70. The topological polar surface area (TPSA) is 77.8 Å². The molecule has 1 N–H and O–H groups in total. The lowest BCUT2D eigenvalue weighted by molar-refractivity contribution is -0.123. The Morgan fingerprint density at radius 3 is 2.43 bits per heavy atom. The van der Waals surface area contributed by atoms with Gasteiger partial charge < -0.3 is 19.2 Å². The third-order valence-electron chi connectivity index (χ3n) is 3.96. The van der Waals surface area contributed by atoms with Crippen molar-refractivity contribution in [1.82, 2.24) is 0 Å². The number of benzene rings is 2. The van der Waals surface area contributed by atoms with Gasteiger partial charge >= 0.3 is 5.97 Å². The van der Waals surface area contributed by atoms with Gasteiger partial charge in [-0.1, -0.05) is 35.9 Å². The monoisotopic (exact) mass is 379 g/mol. The van der Waals surface area contributed by atoms with Gasteiger partial charge in [0, 0.05) is 5.69 Å². The number of hydrogen-bond acceptors (Lipinski definition) is 5. The summed E-state index contributed by atoms with van der Waals surface area (Å²) in [6.45, 7) is 3.64. The van der Waals surface area contributed by atoms with Crippen molar-refractivity contribution >= 4 is 17.6 Å². The lowest BCUT2D eigenvalue weighted by Gasteiger charge is -2.12. The molecule has 0 aliphatic carbocycles. The molecule has 0 saturated heterocycles. The number of carbonyl (C=O) groups excluding carboxylic acids is 2. The molecule has 3 rings (SSSR count). The largest absolute Gasteiger partial charge is 0.486 e. The number of rotatable bonds is 7. The Morgan fingerprint density at radius 1 is 1.00 bits per heavy atom. The van der Waals surface area contributed by atoms with Crippen molar-refractivity contribution in [3.8, 4) is 5.75 Å². The Kier molecular flexibility index (Phi) is 6.11. The normalized spacial score (nSPS) is 11.5. The summed E-state index contributed by atoms with van der Waals surface area (Å²) in [4.78, 5) is 24.4. The van der Waals surface area contributed by atoms with Gasteiger partial charge in [0.1, 0.15) is 18.1 Å². The molecule has 28 heavy (non-hydrogen) atoms. The molecule has 2 aromatic carbocycles. The zero-order chi connectivity index (χ0) is 19.9. The SMILES string of the molecule is Cc1ccc(NC(=O)[C@@H](C)OC(=O)c2ccc(COc3ccccc3)o2)cc1. The average Bonchev–Trinajstić information content (AvgIpc) is 3.18. The van der Waals surface area contributed by atoms with E-state index in [2.05, 4.69) is 5.32 Å². The van der Waals surface area contributed by atoms with E-state index in [1.54, 1.807) is 18.2 Å². The lowest BCUT2D eigenvalue weighted by Crippen LogP contribution is -2.29. The highest BCUT2D eigenvalue weighted by Crippen LogP contribution is 2.15. The van der Waals surface area contributed by atoms with Crippen molar-refractivity contribution in [2.75, 3.05) is 5.32 Å². The van der Waals surface area contributed by atoms with E-state index in [0.717, 1.165) is 5.56 Å². The molecule has 0 unspecified atom stereocenters. The molecule has 0 fully saturated rings. The molecule has 0 spiro atoms. The van der Waals surface area contributed by atoms with E-state index in [0.29, 0.717) is 17.2 Å². The molecule has 0 aliphatic rings. The molecule has 1 amide bonds. The minimum atomic E-state index is -0.970. The minimum absolute atomic E-state index is 0.0154. The second kappa shape index (κ2) is 8.90. The quantitative estimate of drug-likeness (QED) is 0.618. The molecule has 6 heteroatoms. The minimum Gasteiger partial charge on any atom is -0.486 e. The van der Waals surface area contributed by atoms with Gasteiger partial charge in [-0.2, -0.15) is 0 Å². The molecule has 0 saturated carbocycles. The number of hydrogen-bond donors (Lipinski definition) is 1. The van der Waals surface area contributed by atoms with Gasteiger partial charge in [-0.15, -0.1) is 0 Å². The molecular formula is C22H21NO5. The predicted octanol–water partition coefficient (Wildman–Crippen LogP) is 4.35. The van der Waals surface area contributed by atoms with E-state index in [1.165, 1.54) is 13.0 Å². The molecule has 6 nitrogen and oxygen atoms in total. The van der Waals surface area contributed by atoms with E-state index in [4.69, 9.17) is 13.9 Å². The fraction of sp³-hybridized carbons (Fsp3) is 0.182. The Morgan fingerprint density at radius 2 is 1.71 bits per heavy atom. The van der Waals surface area contributed by atoms with Gasteiger partial charge in [-0.3, -0.25) is 4.79 Å². The second-order valence-corrected chi connectivity index (χ2v) is 6.27. The van der Waals surface area contributed by atoms with Crippen LogP contribution in [-0.4, -0.2) is 18.0 Å². The fourth-order valence-corrected chi connectivity index (χ4v) is 2.39. The molecule has 1 aromatic heterocycles. The number of para-hydroxylation sites is 1. The molecule has 3 aromatic rings. The highest BCUT2D eigenvalue weighted by atomic mass is 16.6. The van der Waals surface area contributed by atoms with Crippen molar-refractivity contribution in [2.24, 2.45) is 0 Å². The van der Waals surface area contributed by atoms with Gasteiger partial charge in [-0.05, 0) is 50.2 Å². The van der Waals surface area contributed by atoms with Crippen LogP contribution in [0.3, 0.4) is 0 Å². The van der Waals surface area contributed by atoms with E-state index < -0.39 is 18.0 Å². The van der Waals surface area contributed by atoms with Crippen molar-refractivity contribution in [3.05, 3.63) is 83.8 Å². The number of anilines is 1. The van der Waals surface area contributed by atoms with Crippen LogP contribution >= 0.6 is 0 Å². The summed E-state index contributed by atoms with van der Waals surface area (Å²) in [6, 6.07) is 19.7. The summed E-state index contributed by atoms with van der Waals surface area (Å²) in [5.74, 6) is 0.0625. The van der Waals surface area contributed by atoms with Gasteiger partial charge in [0.25, 0.3) is 5.91 Å². The third-order valence-corrected chi connectivity index (χ3v) is 3.96. The molecule has 1 heterocycles. The van der Waals surface area contributed by atoms with Gasteiger partial charge in [0.15, 0.2) is 6.10 Å². The summed E-state index contributed by atoms with van der Waals surface area (Å²) in [7, 11) is 0. The van der Waals surface area contributed by atoms with Gasteiger partial charge in [-0.25, -0.2) is 4.79 Å². The summed E-state index contributed by atoms with van der Waals surface area (Å²) in [5.41, 5.74) is 1.72. The number of nitrogens with one attached hydrogen (secondary N) is 1. The molecule has 0 radical (unpaired) electrons. The Bertz CT molecular complexity index is 931. The smallest absolute Gasteiger partial charge is 0.375 e. The van der Waals surface area contributed by atoms with Crippen LogP contribution < -0.4 is 10.1 Å². The van der Waals surface area contributed by atoms with Crippen LogP contribution in [-0.2, 0) is 16.1 Å². The highest BCUT2D eigenvalue weighted by molar-refractivity contribution is 5.96. The number of aryl methyl sites for hydroxylation is 1. The van der Waals surface area contributed by atoms with Crippen LogP contribution in [0.1, 0.15) is 28.8 Å². The lowest BCUT2D eigenvalue weighted by atomic mass is 10.2. The van der Waals surface area contributed by atoms with Crippen LogP contribution in [0, 0.1) is 6.92 Å². The first-order valence-corrected chi connectivity index (χ1v) is 8.86. The van der Waals surface area contributed by atoms with Crippen LogP contribution in [0.5, 0.6) is 5.75 Å². The number of amides is 1. The zero-order valence-corrected chi connectivity index (χ0v) is 15.7. The average molecular weight is 379 g/mol. The van der Waals surface area contributed by atoms with Gasteiger partial charge in [0.05, 0.1) is 0 Å². The second-order valence-electron chi connectivity index (χ2n) is 6.27. The number of furan rings is 1. The number of carbonyl (C=O) groups is 2. The summed E-state index contributed by atoms with van der Waals surface area (Å²) in [6.07, 6.45) is -0.970. The maximum Gasteiger partial charge on any atom is 0.375 e. The molecule has 0 bridgehead atoms. The number of ether oxygens (including phenoxy) is 2. The van der Waals surface area contributed by atoms with E-state index >= 15 is 0 Å². The van der Waals surface area contributed by atoms with Gasteiger partial charge in [0.2, 0.25) is 5.76 Å². The van der Waals surface area contributed by atoms with E-state index in [1.807, 2.05) is 49.4 Å². The standard InChI is InChI=1S/C22H21NO5/c1-15-8-10-17(11-9-15)23-21(24)16(2)27-22(25)20-13-12-19(28-20)14-26-18-6-4-3-5-7-18/h3-13,16H,14H2,1-2H3,(H,23,24)/t16-/m1/s1. The van der Waals surface area contributed by atoms with Crippen LogP contribution in [0.15, 0.2) is 71.1 Å².